The smallest absolute Gasteiger partial charge is 0.240 e. The van der Waals surface area contributed by atoms with E-state index in [1.54, 1.807) is 23.9 Å². The summed E-state index contributed by atoms with van der Waals surface area (Å²) in [6.45, 7) is 4.45. The molecular formula is C17H29ClN2O2S3. The summed E-state index contributed by atoms with van der Waals surface area (Å²) in [5.74, 6) is 4.85. The molecule has 1 aromatic carbocycles. The number of halogens is 1. The molecule has 1 aromatic rings. The molecule has 0 unspecified atom stereocenters. The first-order valence-corrected chi connectivity index (χ1v) is 12.9. The van der Waals surface area contributed by atoms with Gasteiger partial charge in [0.15, 0.2) is 0 Å². The molecular weight excluding hydrogens is 396 g/mol. The van der Waals surface area contributed by atoms with E-state index in [2.05, 4.69) is 10.0 Å². The van der Waals surface area contributed by atoms with Crippen LogP contribution in [-0.4, -0.2) is 56.9 Å². The number of hydrogen-bond acceptors (Lipinski definition) is 5. The zero-order valence-electron chi connectivity index (χ0n) is 14.8. The van der Waals surface area contributed by atoms with Gasteiger partial charge in [0, 0.05) is 30.5 Å². The molecule has 0 heterocycles. The monoisotopic (exact) mass is 424 g/mol. The Morgan fingerprint density at radius 3 is 2.24 bits per heavy atom. The Hall–Kier alpha value is 0.0800. The maximum absolute atomic E-state index is 12.1. The first-order valence-electron chi connectivity index (χ1n) is 8.55. The highest BCUT2D eigenvalue weighted by Crippen LogP contribution is 2.10. The first kappa shape index (κ1) is 23.1. The fraction of sp³-hybridized carbons (Fsp3) is 0.647. The molecule has 4 nitrogen and oxygen atoms in total. The van der Waals surface area contributed by atoms with Crippen molar-refractivity contribution in [1.29, 1.82) is 0 Å². The van der Waals surface area contributed by atoms with Crippen molar-refractivity contribution in [2.75, 3.05) is 48.5 Å². The number of rotatable bonds is 15. The Kier molecular flexibility index (Phi) is 13.1. The van der Waals surface area contributed by atoms with E-state index in [9.17, 15) is 8.42 Å². The number of aryl methyl sites for hydroxylation is 1. The van der Waals surface area contributed by atoms with E-state index in [1.165, 1.54) is 0 Å². The van der Waals surface area contributed by atoms with Gasteiger partial charge in [-0.3, -0.25) is 0 Å². The fourth-order valence-corrected chi connectivity index (χ4v) is 5.07. The maximum atomic E-state index is 12.1. The second kappa shape index (κ2) is 14.2. The molecule has 1 rings (SSSR count). The summed E-state index contributed by atoms with van der Waals surface area (Å²) < 4.78 is 26.9. The van der Waals surface area contributed by atoms with Crippen molar-refractivity contribution in [2.45, 2.75) is 24.7 Å². The van der Waals surface area contributed by atoms with Crippen LogP contribution in [0.15, 0.2) is 29.2 Å². The van der Waals surface area contributed by atoms with Crippen molar-refractivity contribution in [3.8, 4) is 0 Å². The molecule has 0 amide bonds. The summed E-state index contributed by atoms with van der Waals surface area (Å²) in [6, 6.07) is 6.91. The van der Waals surface area contributed by atoms with Crippen LogP contribution in [0.1, 0.15) is 18.4 Å². The summed E-state index contributed by atoms with van der Waals surface area (Å²) in [5, 5.41) is 3.42. The molecule has 0 aliphatic rings. The molecule has 144 valence electrons. The van der Waals surface area contributed by atoms with Crippen molar-refractivity contribution < 1.29 is 8.42 Å². The predicted octanol–water partition coefficient (Wildman–Crippen LogP) is 3.35. The van der Waals surface area contributed by atoms with E-state index in [-0.39, 0.29) is 0 Å². The Bertz CT molecular complexity index is 554. The zero-order chi connectivity index (χ0) is 18.4. The molecule has 0 atom stereocenters. The van der Waals surface area contributed by atoms with Gasteiger partial charge in [-0.25, -0.2) is 13.1 Å². The Morgan fingerprint density at radius 1 is 0.920 bits per heavy atom. The molecule has 0 aliphatic heterocycles. The van der Waals surface area contributed by atoms with Gasteiger partial charge in [-0.05, 0) is 49.9 Å². The lowest BCUT2D eigenvalue weighted by Crippen LogP contribution is -2.26. The van der Waals surface area contributed by atoms with Crippen LogP contribution in [0.25, 0.3) is 0 Å². The van der Waals surface area contributed by atoms with E-state index in [0.29, 0.717) is 11.4 Å². The third kappa shape index (κ3) is 11.4. The molecule has 0 saturated carbocycles. The highest BCUT2D eigenvalue weighted by Gasteiger charge is 2.12. The third-order valence-corrected chi connectivity index (χ3v) is 7.24. The van der Waals surface area contributed by atoms with Gasteiger partial charge >= 0.3 is 0 Å². The summed E-state index contributed by atoms with van der Waals surface area (Å²) in [6.07, 6.45) is 2.18. The predicted molar refractivity (Wildman–Crippen MR) is 114 cm³/mol. The van der Waals surface area contributed by atoms with Gasteiger partial charge in [-0.15, -0.1) is 11.6 Å². The SMILES string of the molecule is Cc1ccc(S(=O)(=O)NCCSCCCNCCSCCCCl)cc1. The lowest BCUT2D eigenvalue weighted by Gasteiger charge is -2.07. The molecule has 2 N–H and O–H groups in total. The minimum atomic E-state index is -3.38. The van der Waals surface area contributed by atoms with Gasteiger partial charge in [0.25, 0.3) is 0 Å². The molecule has 0 aliphatic carbocycles. The number of thioether (sulfide) groups is 2. The van der Waals surface area contributed by atoms with Gasteiger partial charge in [0.2, 0.25) is 10.0 Å². The molecule has 0 saturated heterocycles. The van der Waals surface area contributed by atoms with Gasteiger partial charge in [-0.1, -0.05) is 17.7 Å². The topological polar surface area (TPSA) is 58.2 Å². The highest BCUT2D eigenvalue weighted by molar-refractivity contribution is 7.99. The maximum Gasteiger partial charge on any atom is 0.240 e. The summed E-state index contributed by atoms with van der Waals surface area (Å²) in [5.41, 5.74) is 1.05. The molecule has 0 fully saturated rings. The van der Waals surface area contributed by atoms with E-state index in [4.69, 9.17) is 11.6 Å². The average Bonchev–Trinajstić information content (AvgIpc) is 2.59. The standard InChI is InChI=1S/C17H29ClN2O2S3/c1-16-4-6-17(7-5-16)25(21,22)20-11-15-24-13-3-9-19-10-14-23-12-2-8-18/h4-7,19-20H,2-3,8-15H2,1H3. The van der Waals surface area contributed by atoms with Crippen LogP contribution in [0, 0.1) is 6.92 Å². The Morgan fingerprint density at radius 2 is 1.56 bits per heavy atom. The van der Waals surface area contributed by atoms with Crippen molar-refractivity contribution in [3.63, 3.8) is 0 Å². The molecule has 8 heteroatoms. The lowest BCUT2D eigenvalue weighted by molar-refractivity contribution is 0.584. The van der Waals surface area contributed by atoms with Crippen LogP contribution >= 0.6 is 35.1 Å². The fourth-order valence-electron chi connectivity index (χ4n) is 1.98. The molecule has 0 spiro atoms. The lowest BCUT2D eigenvalue weighted by atomic mass is 10.2. The molecule has 0 radical (unpaired) electrons. The largest absolute Gasteiger partial charge is 0.316 e. The Balaban J connectivity index is 1.97. The van der Waals surface area contributed by atoms with Crippen molar-refractivity contribution >= 4 is 45.1 Å². The minimum absolute atomic E-state index is 0.330. The van der Waals surface area contributed by atoms with Crippen LogP contribution in [0.5, 0.6) is 0 Å². The number of nitrogens with one attached hydrogen (secondary N) is 2. The third-order valence-electron chi connectivity index (χ3n) is 3.36. The normalized spacial score (nSPS) is 11.8. The van der Waals surface area contributed by atoms with Crippen molar-refractivity contribution in [2.24, 2.45) is 0 Å². The van der Waals surface area contributed by atoms with Crippen molar-refractivity contribution in [1.82, 2.24) is 10.0 Å². The summed E-state index contributed by atoms with van der Waals surface area (Å²) >= 11 is 9.34. The van der Waals surface area contributed by atoms with E-state index in [0.717, 1.165) is 60.4 Å². The van der Waals surface area contributed by atoms with E-state index in [1.807, 2.05) is 30.8 Å². The van der Waals surface area contributed by atoms with Gasteiger partial charge < -0.3 is 5.32 Å². The highest BCUT2D eigenvalue weighted by atomic mass is 35.5. The number of benzene rings is 1. The zero-order valence-corrected chi connectivity index (χ0v) is 18.0. The van der Waals surface area contributed by atoms with Gasteiger partial charge in [-0.2, -0.15) is 23.5 Å². The number of alkyl halides is 1. The van der Waals surface area contributed by atoms with Crippen LogP contribution in [0.3, 0.4) is 0 Å². The number of sulfonamides is 1. The van der Waals surface area contributed by atoms with E-state index < -0.39 is 10.0 Å². The Labute approximate surface area is 166 Å². The first-order chi connectivity index (χ1) is 12.1. The van der Waals surface area contributed by atoms with Crippen LogP contribution in [0.4, 0.5) is 0 Å². The minimum Gasteiger partial charge on any atom is -0.316 e. The quantitative estimate of drug-likeness (QED) is 0.334. The van der Waals surface area contributed by atoms with Crippen molar-refractivity contribution in [3.05, 3.63) is 29.8 Å². The van der Waals surface area contributed by atoms with Gasteiger partial charge in [0.1, 0.15) is 0 Å². The van der Waals surface area contributed by atoms with E-state index >= 15 is 0 Å². The second-order valence-corrected chi connectivity index (χ2v) is 10.2. The average molecular weight is 425 g/mol. The van der Waals surface area contributed by atoms with Crippen LogP contribution in [-0.2, 0) is 10.0 Å². The summed E-state index contributed by atoms with van der Waals surface area (Å²) in [4.78, 5) is 0.330. The number of hydrogen-bond donors (Lipinski definition) is 2. The second-order valence-electron chi connectivity index (χ2n) is 5.58. The van der Waals surface area contributed by atoms with Crippen LogP contribution < -0.4 is 10.0 Å². The molecule has 25 heavy (non-hydrogen) atoms. The van der Waals surface area contributed by atoms with Crippen LogP contribution in [0.2, 0.25) is 0 Å². The van der Waals surface area contributed by atoms with Gasteiger partial charge in [0.05, 0.1) is 4.90 Å². The molecule has 0 bridgehead atoms. The summed E-state index contributed by atoms with van der Waals surface area (Å²) in [7, 11) is -3.38. The molecule has 0 aromatic heterocycles.